The highest BCUT2D eigenvalue weighted by atomic mass is 35.5. The van der Waals surface area contributed by atoms with Gasteiger partial charge in [-0.15, -0.1) is 0 Å². The van der Waals surface area contributed by atoms with E-state index in [1.165, 1.54) is 6.42 Å². The van der Waals surface area contributed by atoms with Crippen molar-refractivity contribution >= 4 is 29.1 Å². The predicted octanol–water partition coefficient (Wildman–Crippen LogP) is 3.50. The zero-order chi connectivity index (χ0) is 15.4. The number of hydrogen-bond donors (Lipinski definition) is 1. The first-order chi connectivity index (χ1) is 10.7. The Labute approximate surface area is 134 Å². The van der Waals surface area contributed by atoms with E-state index in [1.807, 2.05) is 4.90 Å². The Hall–Kier alpha value is -2.14. The molecule has 22 heavy (non-hydrogen) atoms. The third-order valence-electron chi connectivity index (χ3n) is 3.64. The maximum absolute atomic E-state index is 12.3. The molecule has 1 aliphatic heterocycles. The molecular weight excluding hydrogens is 300 g/mol. The number of hydrogen-bond acceptors (Lipinski definition) is 4. The van der Waals surface area contributed by atoms with Gasteiger partial charge < -0.3 is 10.2 Å². The smallest absolute Gasteiger partial charge is 0.255 e. The van der Waals surface area contributed by atoms with Crippen molar-refractivity contribution < 1.29 is 4.79 Å². The van der Waals surface area contributed by atoms with E-state index in [-0.39, 0.29) is 5.91 Å². The normalized spacial score (nSPS) is 14.7. The van der Waals surface area contributed by atoms with Crippen LogP contribution in [0.15, 0.2) is 36.7 Å². The van der Waals surface area contributed by atoms with Crippen LogP contribution in [0.25, 0.3) is 0 Å². The number of likely N-dealkylation sites (tertiary alicyclic amines) is 1. The van der Waals surface area contributed by atoms with E-state index < -0.39 is 0 Å². The first-order valence-corrected chi connectivity index (χ1v) is 7.74. The molecule has 5 nitrogen and oxygen atoms in total. The van der Waals surface area contributed by atoms with Crippen LogP contribution in [0.5, 0.6) is 0 Å². The van der Waals surface area contributed by atoms with Crippen molar-refractivity contribution in [3.8, 4) is 0 Å². The van der Waals surface area contributed by atoms with Crippen LogP contribution in [-0.2, 0) is 0 Å². The lowest BCUT2D eigenvalue weighted by molar-refractivity contribution is 0.0724. The predicted molar refractivity (Wildman–Crippen MR) is 86.5 cm³/mol. The van der Waals surface area contributed by atoms with Crippen LogP contribution in [0, 0.1) is 0 Å². The van der Waals surface area contributed by atoms with E-state index in [0.717, 1.165) is 25.9 Å². The molecule has 0 bridgehead atoms. The summed E-state index contributed by atoms with van der Waals surface area (Å²) in [6, 6.07) is 7.11. The lowest BCUT2D eigenvalue weighted by Crippen LogP contribution is -2.35. The van der Waals surface area contributed by atoms with E-state index in [2.05, 4.69) is 15.3 Å². The fourth-order valence-corrected chi connectivity index (χ4v) is 2.57. The molecule has 0 aromatic carbocycles. The Morgan fingerprint density at radius 2 is 1.68 bits per heavy atom. The third-order valence-corrected chi connectivity index (χ3v) is 3.86. The average Bonchev–Trinajstić information content (AvgIpc) is 2.58. The second-order valence-corrected chi connectivity index (χ2v) is 5.71. The summed E-state index contributed by atoms with van der Waals surface area (Å²) < 4.78 is 0. The van der Waals surface area contributed by atoms with Gasteiger partial charge in [0.15, 0.2) is 0 Å². The third kappa shape index (κ3) is 3.54. The minimum absolute atomic E-state index is 0.0587. The summed E-state index contributed by atoms with van der Waals surface area (Å²) in [6.45, 7) is 1.68. The Kier molecular flexibility index (Phi) is 4.53. The number of halogens is 1. The van der Waals surface area contributed by atoms with Gasteiger partial charge in [-0.2, -0.15) is 0 Å². The second-order valence-electron chi connectivity index (χ2n) is 5.27. The van der Waals surface area contributed by atoms with Crippen molar-refractivity contribution in [1.82, 2.24) is 14.9 Å². The molecule has 0 unspecified atom stereocenters. The van der Waals surface area contributed by atoms with Gasteiger partial charge in [-0.25, -0.2) is 9.97 Å². The van der Waals surface area contributed by atoms with E-state index in [0.29, 0.717) is 22.2 Å². The standard InChI is InChI=1S/C16H17ClN4O/c17-13-5-7-15(19-11-13)20-14-6-4-12(10-18-14)16(22)21-8-2-1-3-9-21/h4-7,10-11H,1-3,8-9H2,(H,18,19,20). The first-order valence-electron chi connectivity index (χ1n) is 7.36. The summed E-state index contributed by atoms with van der Waals surface area (Å²) in [5.41, 5.74) is 0.622. The molecule has 1 N–H and O–H groups in total. The van der Waals surface area contributed by atoms with Gasteiger partial charge in [0, 0.05) is 25.5 Å². The summed E-state index contributed by atoms with van der Waals surface area (Å²) in [5.74, 6) is 1.36. The molecule has 1 saturated heterocycles. The zero-order valence-electron chi connectivity index (χ0n) is 12.1. The highest BCUT2D eigenvalue weighted by Crippen LogP contribution is 2.16. The molecule has 114 valence electrons. The van der Waals surface area contributed by atoms with E-state index in [4.69, 9.17) is 11.6 Å². The molecule has 0 aliphatic carbocycles. The number of rotatable bonds is 3. The number of carbonyl (C=O) groups is 1. The van der Waals surface area contributed by atoms with Crippen molar-refractivity contribution in [3.63, 3.8) is 0 Å². The molecule has 3 rings (SSSR count). The Morgan fingerprint density at radius 3 is 2.27 bits per heavy atom. The maximum Gasteiger partial charge on any atom is 0.255 e. The van der Waals surface area contributed by atoms with Crippen LogP contribution in [0.4, 0.5) is 11.6 Å². The van der Waals surface area contributed by atoms with Gasteiger partial charge in [-0.05, 0) is 43.5 Å². The molecule has 3 heterocycles. The number of anilines is 2. The monoisotopic (exact) mass is 316 g/mol. The summed E-state index contributed by atoms with van der Waals surface area (Å²) in [7, 11) is 0. The largest absolute Gasteiger partial charge is 0.339 e. The molecule has 1 fully saturated rings. The fourth-order valence-electron chi connectivity index (χ4n) is 2.45. The van der Waals surface area contributed by atoms with Crippen LogP contribution in [0.2, 0.25) is 5.02 Å². The summed E-state index contributed by atoms with van der Waals surface area (Å²) >= 11 is 5.80. The number of amides is 1. The van der Waals surface area contributed by atoms with Gasteiger partial charge >= 0.3 is 0 Å². The Bertz CT molecular complexity index is 636. The summed E-state index contributed by atoms with van der Waals surface area (Å²) in [6.07, 6.45) is 6.55. The van der Waals surface area contributed by atoms with Crippen LogP contribution in [-0.4, -0.2) is 33.9 Å². The molecule has 6 heteroatoms. The van der Waals surface area contributed by atoms with Crippen LogP contribution in [0.3, 0.4) is 0 Å². The topological polar surface area (TPSA) is 58.1 Å². The van der Waals surface area contributed by atoms with E-state index in [9.17, 15) is 4.79 Å². The first kappa shape index (κ1) is 14.8. The SMILES string of the molecule is O=C(c1ccc(Nc2ccc(Cl)cn2)nc1)N1CCCCC1. The number of pyridine rings is 2. The highest BCUT2D eigenvalue weighted by Gasteiger charge is 2.18. The zero-order valence-corrected chi connectivity index (χ0v) is 12.9. The van der Waals surface area contributed by atoms with E-state index >= 15 is 0 Å². The lowest BCUT2D eigenvalue weighted by atomic mass is 10.1. The van der Waals surface area contributed by atoms with Gasteiger partial charge in [0.05, 0.1) is 10.6 Å². The van der Waals surface area contributed by atoms with E-state index in [1.54, 1.807) is 36.7 Å². The van der Waals surface area contributed by atoms with Crippen LogP contribution < -0.4 is 5.32 Å². The molecule has 1 aliphatic rings. The molecule has 0 saturated carbocycles. The quantitative estimate of drug-likeness (QED) is 0.941. The van der Waals surface area contributed by atoms with Crippen molar-refractivity contribution in [2.24, 2.45) is 0 Å². The number of nitrogens with one attached hydrogen (secondary N) is 1. The van der Waals surface area contributed by atoms with Gasteiger partial charge in [-0.1, -0.05) is 11.6 Å². The van der Waals surface area contributed by atoms with Crippen molar-refractivity contribution in [1.29, 1.82) is 0 Å². The summed E-state index contributed by atoms with van der Waals surface area (Å²) in [4.78, 5) is 22.7. The minimum Gasteiger partial charge on any atom is -0.339 e. The number of piperidine rings is 1. The van der Waals surface area contributed by atoms with Gasteiger partial charge in [0.1, 0.15) is 11.6 Å². The molecule has 1 amide bonds. The number of aromatic nitrogens is 2. The Balaban J connectivity index is 1.66. The second kappa shape index (κ2) is 6.75. The molecular formula is C16H17ClN4O. The Morgan fingerprint density at radius 1 is 1.00 bits per heavy atom. The summed E-state index contributed by atoms with van der Waals surface area (Å²) in [5, 5.41) is 3.66. The van der Waals surface area contributed by atoms with Crippen molar-refractivity contribution in [2.75, 3.05) is 18.4 Å². The molecule has 0 radical (unpaired) electrons. The molecule has 2 aromatic heterocycles. The minimum atomic E-state index is 0.0587. The molecule has 2 aromatic rings. The van der Waals surface area contributed by atoms with Crippen LogP contribution in [0.1, 0.15) is 29.6 Å². The lowest BCUT2D eigenvalue weighted by Gasteiger charge is -2.26. The van der Waals surface area contributed by atoms with Crippen molar-refractivity contribution in [2.45, 2.75) is 19.3 Å². The molecule has 0 spiro atoms. The van der Waals surface area contributed by atoms with Crippen LogP contribution >= 0.6 is 11.6 Å². The van der Waals surface area contributed by atoms with Crippen molar-refractivity contribution in [3.05, 3.63) is 47.2 Å². The number of carbonyl (C=O) groups excluding carboxylic acids is 1. The van der Waals surface area contributed by atoms with Gasteiger partial charge in [0.25, 0.3) is 5.91 Å². The fraction of sp³-hybridized carbons (Fsp3) is 0.312. The van der Waals surface area contributed by atoms with Gasteiger partial charge in [0.2, 0.25) is 0 Å². The maximum atomic E-state index is 12.3. The average molecular weight is 317 g/mol. The van der Waals surface area contributed by atoms with Gasteiger partial charge in [-0.3, -0.25) is 4.79 Å². The highest BCUT2D eigenvalue weighted by molar-refractivity contribution is 6.30. The number of nitrogens with zero attached hydrogens (tertiary/aromatic N) is 3. The molecule has 0 atom stereocenters.